The molecule has 1 aliphatic heterocycles. The summed E-state index contributed by atoms with van der Waals surface area (Å²) in [5, 5.41) is 0. The van der Waals surface area contributed by atoms with Crippen molar-refractivity contribution in [1.82, 2.24) is 0 Å². The molecule has 2 rings (SSSR count). The molecule has 0 atom stereocenters. The van der Waals surface area contributed by atoms with Gasteiger partial charge in [-0.05, 0) is 11.6 Å². The van der Waals surface area contributed by atoms with Crippen LogP contribution >= 0.6 is 17.0 Å². The first-order valence-electron chi connectivity index (χ1n) is 5.06. The SMILES string of the molecule is Br.COCC[N+]1=Cc2ccccc2CC1.[Br-]. The van der Waals surface area contributed by atoms with Crippen molar-refractivity contribution in [3.63, 3.8) is 0 Å². The Hall–Kier alpha value is -0.190. The summed E-state index contributed by atoms with van der Waals surface area (Å²) < 4.78 is 7.40. The molecule has 0 fully saturated rings. The molecule has 16 heavy (non-hydrogen) atoms. The Balaban J connectivity index is 0.00000112. The average molecular weight is 351 g/mol. The van der Waals surface area contributed by atoms with Gasteiger partial charge in [-0.15, -0.1) is 17.0 Å². The number of ether oxygens (including phenoxy) is 1. The molecule has 0 aliphatic carbocycles. The number of fused-ring (bicyclic) bond motifs is 1. The van der Waals surface area contributed by atoms with Crippen molar-refractivity contribution in [3.8, 4) is 0 Å². The fourth-order valence-electron chi connectivity index (χ4n) is 1.80. The predicted molar refractivity (Wildman–Crippen MR) is 67.5 cm³/mol. The minimum absolute atomic E-state index is 0. The number of rotatable bonds is 3. The largest absolute Gasteiger partial charge is 1.00 e. The van der Waals surface area contributed by atoms with Gasteiger partial charge in [0.15, 0.2) is 12.8 Å². The molecule has 1 aromatic carbocycles. The molecule has 0 saturated heterocycles. The number of halogens is 2. The maximum atomic E-state index is 5.07. The summed E-state index contributed by atoms with van der Waals surface area (Å²) in [5.74, 6) is 0. The average Bonchev–Trinajstić information content (AvgIpc) is 2.26. The van der Waals surface area contributed by atoms with Crippen LogP contribution in [0.2, 0.25) is 0 Å². The number of benzene rings is 1. The predicted octanol–water partition coefficient (Wildman–Crippen LogP) is -1.10. The van der Waals surface area contributed by atoms with Crippen molar-refractivity contribution in [2.24, 2.45) is 0 Å². The summed E-state index contributed by atoms with van der Waals surface area (Å²) in [5.41, 5.74) is 2.82. The Morgan fingerprint density at radius 1 is 1.31 bits per heavy atom. The van der Waals surface area contributed by atoms with Crippen LogP contribution < -0.4 is 17.0 Å². The molecule has 4 heteroatoms. The van der Waals surface area contributed by atoms with Crippen molar-refractivity contribution in [3.05, 3.63) is 35.4 Å². The molecule has 0 aromatic heterocycles. The first kappa shape index (κ1) is 15.8. The van der Waals surface area contributed by atoms with Gasteiger partial charge in [0.25, 0.3) is 0 Å². The molecule has 0 spiro atoms. The van der Waals surface area contributed by atoms with Gasteiger partial charge in [-0.25, -0.2) is 4.58 Å². The standard InChI is InChI=1S/C12H16NO.2BrH/c1-14-9-8-13-7-6-11-4-2-3-5-12(11)10-13;;/h2-5,10H,6-9H2,1H3;2*1H/q+1;;/p-1. The summed E-state index contributed by atoms with van der Waals surface area (Å²) in [6.45, 7) is 2.91. The molecule has 1 aromatic rings. The van der Waals surface area contributed by atoms with E-state index in [1.165, 1.54) is 11.1 Å². The molecular formula is C12H17Br2NO. The van der Waals surface area contributed by atoms with Crippen LogP contribution in [0.15, 0.2) is 24.3 Å². The van der Waals surface area contributed by atoms with Gasteiger partial charge in [-0.1, -0.05) is 18.2 Å². The zero-order valence-electron chi connectivity index (χ0n) is 9.36. The Bertz CT molecular complexity index is 353. The van der Waals surface area contributed by atoms with Crippen LogP contribution in [0.1, 0.15) is 11.1 Å². The van der Waals surface area contributed by atoms with Gasteiger partial charge in [0.2, 0.25) is 0 Å². The molecule has 2 nitrogen and oxygen atoms in total. The molecule has 0 amide bonds. The van der Waals surface area contributed by atoms with Crippen molar-refractivity contribution < 1.29 is 26.3 Å². The van der Waals surface area contributed by atoms with Gasteiger partial charge in [-0.2, -0.15) is 0 Å². The van der Waals surface area contributed by atoms with E-state index in [0.717, 1.165) is 26.1 Å². The minimum atomic E-state index is 0. The normalized spacial score (nSPS) is 12.9. The fraction of sp³-hybridized carbons (Fsp3) is 0.417. The molecule has 1 heterocycles. The highest BCUT2D eigenvalue weighted by atomic mass is 79.9. The lowest BCUT2D eigenvalue weighted by Crippen LogP contribution is -3.00. The van der Waals surface area contributed by atoms with Gasteiger partial charge >= 0.3 is 0 Å². The van der Waals surface area contributed by atoms with E-state index in [1.54, 1.807) is 7.11 Å². The van der Waals surface area contributed by atoms with Crippen LogP contribution in [0.4, 0.5) is 0 Å². The summed E-state index contributed by atoms with van der Waals surface area (Å²) in [4.78, 5) is 0. The van der Waals surface area contributed by atoms with Gasteiger partial charge in [0, 0.05) is 19.1 Å². The van der Waals surface area contributed by atoms with Crippen LogP contribution in [0, 0.1) is 0 Å². The monoisotopic (exact) mass is 349 g/mol. The van der Waals surface area contributed by atoms with Crippen molar-refractivity contribution in [2.45, 2.75) is 6.42 Å². The lowest BCUT2D eigenvalue weighted by atomic mass is 10.0. The lowest BCUT2D eigenvalue weighted by molar-refractivity contribution is -0.526. The Kier molecular flexibility index (Phi) is 7.89. The van der Waals surface area contributed by atoms with Gasteiger partial charge in [-0.3, -0.25) is 0 Å². The van der Waals surface area contributed by atoms with E-state index < -0.39 is 0 Å². The van der Waals surface area contributed by atoms with Gasteiger partial charge in [0.1, 0.15) is 13.2 Å². The first-order chi connectivity index (χ1) is 6.90. The molecule has 90 valence electrons. The fourth-order valence-corrected chi connectivity index (χ4v) is 1.80. The van der Waals surface area contributed by atoms with Crippen LogP contribution in [-0.4, -0.2) is 37.6 Å². The van der Waals surface area contributed by atoms with Crippen LogP contribution in [-0.2, 0) is 11.2 Å². The second-order valence-corrected chi connectivity index (χ2v) is 3.61. The third kappa shape index (κ3) is 4.00. The highest BCUT2D eigenvalue weighted by molar-refractivity contribution is 8.93. The highest BCUT2D eigenvalue weighted by Gasteiger charge is 2.14. The summed E-state index contributed by atoms with van der Waals surface area (Å²) in [6.07, 6.45) is 3.38. The van der Waals surface area contributed by atoms with E-state index in [4.69, 9.17) is 4.74 Å². The smallest absolute Gasteiger partial charge is 0.171 e. The molecule has 0 unspecified atom stereocenters. The zero-order chi connectivity index (χ0) is 9.80. The zero-order valence-corrected chi connectivity index (χ0v) is 12.7. The van der Waals surface area contributed by atoms with Crippen molar-refractivity contribution in [2.75, 3.05) is 26.8 Å². The maximum Gasteiger partial charge on any atom is 0.171 e. The highest BCUT2D eigenvalue weighted by Crippen LogP contribution is 2.10. The van der Waals surface area contributed by atoms with E-state index in [2.05, 4.69) is 35.1 Å². The van der Waals surface area contributed by atoms with E-state index in [-0.39, 0.29) is 34.0 Å². The number of nitrogens with zero attached hydrogens (tertiary/aromatic N) is 1. The van der Waals surface area contributed by atoms with Gasteiger partial charge < -0.3 is 21.7 Å². The summed E-state index contributed by atoms with van der Waals surface area (Å²) >= 11 is 0. The summed E-state index contributed by atoms with van der Waals surface area (Å²) in [7, 11) is 1.75. The number of hydrogen-bond acceptors (Lipinski definition) is 1. The van der Waals surface area contributed by atoms with E-state index in [1.807, 2.05) is 0 Å². The summed E-state index contributed by atoms with van der Waals surface area (Å²) in [6, 6.07) is 8.58. The van der Waals surface area contributed by atoms with Gasteiger partial charge in [0.05, 0.1) is 0 Å². The second kappa shape index (κ2) is 7.98. The van der Waals surface area contributed by atoms with Crippen molar-refractivity contribution >= 4 is 23.2 Å². The topological polar surface area (TPSA) is 12.2 Å². The third-order valence-electron chi connectivity index (χ3n) is 2.63. The molecule has 0 saturated carbocycles. The number of hydrogen-bond donors (Lipinski definition) is 0. The van der Waals surface area contributed by atoms with E-state index in [0.29, 0.717) is 0 Å². The second-order valence-electron chi connectivity index (χ2n) is 3.61. The van der Waals surface area contributed by atoms with Crippen LogP contribution in [0.25, 0.3) is 0 Å². The Morgan fingerprint density at radius 2 is 2.06 bits per heavy atom. The molecular weight excluding hydrogens is 334 g/mol. The Morgan fingerprint density at radius 3 is 2.81 bits per heavy atom. The maximum absolute atomic E-state index is 5.07. The van der Waals surface area contributed by atoms with Crippen LogP contribution in [0.5, 0.6) is 0 Å². The molecule has 0 bridgehead atoms. The quantitative estimate of drug-likeness (QED) is 0.630. The lowest BCUT2D eigenvalue weighted by Gasteiger charge is -2.11. The molecule has 0 radical (unpaired) electrons. The first-order valence-corrected chi connectivity index (χ1v) is 5.06. The third-order valence-corrected chi connectivity index (χ3v) is 2.63. The molecule has 1 aliphatic rings. The Labute approximate surface area is 118 Å². The van der Waals surface area contributed by atoms with E-state index in [9.17, 15) is 0 Å². The molecule has 0 N–H and O–H groups in total. The van der Waals surface area contributed by atoms with Crippen molar-refractivity contribution in [1.29, 1.82) is 0 Å². The minimum Gasteiger partial charge on any atom is -1.00 e. The van der Waals surface area contributed by atoms with E-state index >= 15 is 0 Å². The number of methoxy groups -OCH3 is 1. The van der Waals surface area contributed by atoms with Crippen LogP contribution in [0.3, 0.4) is 0 Å².